The van der Waals surface area contributed by atoms with Gasteiger partial charge in [-0.05, 0) is 43.2 Å². The van der Waals surface area contributed by atoms with Crippen molar-refractivity contribution >= 4 is 23.4 Å². The molecule has 3 aromatic rings. The van der Waals surface area contributed by atoms with Crippen LogP contribution in [-0.2, 0) is 18.4 Å². The number of thioether (sulfide) groups is 1. The van der Waals surface area contributed by atoms with Crippen LogP contribution in [-0.4, -0.2) is 33.5 Å². The summed E-state index contributed by atoms with van der Waals surface area (Å²) in [5.74, 6) is 2.32. The first kappa shape index (κ1) is 20.7. The predicted molar refractivity (Wildman–Crippen MR) is 114 cm³/mol. The molecule has 0 saturated carbocycles. The Labute approximate surface area is 174 Å². The molecule has 0 aliphatic heterocycles. The number of nitrogens with zero attached hydrogens (tertiary/aromatic N) is 3. The molecule has 0 saturated heterocycles. The summed E-state index contributed by atoms with van der Waals surface area (Å²) < 4.78 is 12.9. The molecule has 0 bridgehead atoms. The molecule has 7 nitrogen and oxygen atoms in total. The fraction of sp³-hybridized carbons (Fsp3) is 0.286. The van der Waals surface area contributed by atoms with Crippen molar-refractivity contribution in [3.8, 4) is 11.5 Å². The minimum atomic E-state index is -0.126. The first-order valence-corrected chi connectivity index (χ1v) is 10.1. The molecule has 152 valence electrons. The molecule has 0 spiro atoms. The van der Waals surface area contributed by atoms with E-state index >= 15 is 0 Å². The van der Waals surface area contributed by atoms with Crippen LogP contribution in [0.5, 0.6) is 11.5 Å². The highest BCUT2D eigenvalue weighted by Gasteiger charge is 2.13. The lowest BCUT2D eigenvalue weighted by Crippen LogP contribution is -2.14. The third-order valence-electron chi connectivity index (χ3n) is 4.31. The number of aryl methyl sites for hydroxylation is 2. The molecule has 3 rings (SSSR count). The number of rotatable bonds is 8. The van der Waals surface area contributed by atoms with Crippen LogP contribution in [0.1, 0.15) is 17.0 Å². The number of nitrogens with one attached hydrogen (secondary N) is 1. The van der Waals surface area contributed by atoms with E-state index in [2.05, 4.69) is 21.6 Å². The van der Waals surface area contributed by atoms with Crippen LogP contribution < -0.4 is 14.8 Å². The molecule has 1 amide bonds. The highest BCUT2D eigenvalue weighted by Crippen LogP contribution is 2.22. The minimum absolute atomic E-state index is 0.126. The number of hydrogen-bond donors (Lipinski definition) is 1. The van der Waals surface area contributed by atoms with Crippen LogP contribution >= 0.6 is 11.8 Å². The lowest BCUT2D eigenvalue weighted by atomic mass is 10.1. The van der Waals surface area contributed by atoms with Gasteiger partial charge < -0.3 is 19.4 Å². The van der Waals surface area contributed by atoms with Gasteiger partial charge in [-0.25, -0.2) is 0 Å². The van der Waals surface area contributed by atoms with Gasteiger partial charge in [-0.2, -0.15) is 0 Å². The van der Waals surface area contributed by atoms with Crippen LogP contribution in [0.2, 0.25) is 0 Å². The van der Waals surface area contributed by atoms with E-state index in [4.69, 9.17) is 9.47 Å². The number of methoxy groups -OCH3 is 1. The summed E-state index contributed by atoms with van der Waals surface area (Å²) in [4.78, 5) is 12.2. The predicted octanol–water partition coefficient (Wildman–Crippen LogP) is 3.75. The summed E-state index contributed by atoms with van der Waals surface area (Å²) in [6.45, 7) is 4.35. The van der Waals surface area contributed by atoms with Gasteiger partial charge in [0.25, 0.3) is 0 Å². The number of aromatic nitrogens is 3. The molecule has 0 fully saturated rings. The van der Waals surface area contributed by atoms with Gasteiger partial charge >= 0.3 is 0 Å². The van der Waals surface area contributed by atoms with Gasteiger partial charge in [-0.3, -0.25) is 4.79 Å². The van der Waals surface area contributed by atoms with Crippen molar-refractivity contribution in [1.29, 1.82) is 0 Å². The molecule has 0 aliphatic carbocycles. The second-order valence-corrected chi connectivity index (χ2v) is 7.53. The molecule has 29 heavy (non-hydrogen) atoms. The van der Waals surface area contributed by atoms with Gasteiger partial charge in [0.15, 0.2) is 11.0 Å². The first-order valence-electron chi connectivity index (χ1n) is 9.11. The largest absolute Gasteiger partial charge is 0.497 e. The maximum absolute atomic E-state index is 12.2. The summed E-state index contributed by atoms with van der Waals surface area (Å²) in [5, 5.41) is 11.9. The standard InChI is InChI=1S/C21H24N4O3S/c1-14-8-9-15(2)18(10-14)28-12-19-23-24-21(25(19)3)29-13-20(26)22-16-6-5-7-17(11-16)27-4/h5-11H,12-13H2,1-4H3,(H,22,26). The average molecular weight is 413 g/mol. The summed E-state index contributed by atoms with van der Waals surface area (Å²) in [6, 6.07) is 13.3. The highest BCUT2D eigenvalue weighted by atomic mass is 32.2. The Morgan fingerprint density at radius 1 is 1.17 bits per heavy atom. The second kappa shape index (κ2) is 9.47. The third-order valence-corrected chi connectivity index (χ3v) is 5.33. The number of carbonyl (C=O) groups is 1. The van der Waals surface area contributed by atoms with Crippen LogP contribution in [0.3, 0.4) is 0 Å². The molecular formula is C21H24N4O3S. The molecule has 0 unspecified atom stereocenters. The zero-order valence-electron chi connectivity index (χ0n) is 16.9. The number of benzene rings is 2. The Hall–Kier alpha value is -3.00. The molecule has 1 heterocycles. The maximum Gasteiger partial charge on any atom is 0.234 e. The van der Waals surface area contributed by atoms with Crippen molar-refractivity contribution in [2.45, 2.75) is 25.6 Å². The summed E-state index contributed by atoms with van der Waals surface area (Å²) in [5.41, 5.74) is 2.90. The van der Waals surface area contributed by atoms with Gasteiger partial charge in [0.1, 0.15) is 18.1 Å². The van der Waals surface area contributed by atoms with E-state index in [9.17, 15) is 4.79 Å². The van der Waals surface area contributed by atoms with Gasteiger partial charge in [0.05, 0.1) is 12.9 Å². The van der Waals surface area contributed by atoms with Crippen molar-refractivity contribution in [1.82, 2.24) is 14.8 Å². The molecule has 1 aromatic heterocycles. The molecule has 0 atom stereocenters. The molecule has 0 aliphatic rings. The Bertz CT molecular complexity index is 1000. The van der Waals surface area contributed by atoms with E-state index in [0.29, 0.717) is 29.0 Å². The Kier molecular flexibility index (Phi) is 6.77. The SMILES string of the molecule is COc1cccc(NC(=O)CSc2nnc(COc3cc(C)ccc3C)n2C)c1. The Balaban J connectivity index is 1.55. The summed E-state index contributed by atoms with van der Waals surface area (Å²) >= 11 is 1.32. The fourth-order valence-electron chi connectivity index (χ4n) is 2.63. The zero-order chi connectivity index (χ0) is 20.8. The Morgan fingerprint density at radius 3 is 2.79 bits per heavy atom. The van der Waals surface area contributed by atoms with Crippen molar-refractivity contribution in [2.75, 3.05) is 18.2 Å². The van der Waals surface area contributed by atoms with Gasteiger partial charge in [-0.1, -0.05) is 30.0 Å². The van der Waals surface area contributed by atoms with Crippen molar-refractivity contribution < 1.29 is 14.3 Å². The maximum atomic E-state index is 12.2. The monoisotopic (exact) mass is 412 g/mol. The van der Waals surface area contributed by atoms with Crippen molar-refractivity contribution in [3.05, 3.63) is 59.4 Å². The van der Waals surface area contributed by atoms with E-state index in [0.717, 1.165) is 16.9 Å². The van der Waals surface area contributed by atoms with E-state index in [1.807, 2.05) is 55.8 Å². The normalized spacial score (nSPS) is 10.6. The molecule has 2 aromatic carbocycles. The number of ether oxygens (including phenoxy) is 2. The zero-order valence-corrected chi connectivity index (χ0v) is 17.7. The van der Waals surface area contributed by atoms with E-state index < -0.39 is 0 Å². The Morgan fingerprint density at radius 2 is 2.00 bits per heavy atom. The first-order chi connectivity index (χ1) is 14.0. The number of anilines is 1. The second-order valence-electron chi connectivity index (χ2n) is 6.58. The number of amides is 1. The topological polar surface area (TPSA) is 78.3 Å². The highest BCUT2D eigenvalue weighted by molar-refractivity contribution is 7.99. The van der Waals surface area contributed by atoms with E-state index in [-0.39, 0.29) is 11.7 Å². The van der Waals surface area contributed by atoms with Crippen LogP contribution in [0, 0.1) is 13.8 Å². The molecule has 8 heteroatoms. The fourth-order valence-corrected chi connectivity index (χ4v) is 3.36. The third kappa shape index (κ3) is 5.51. The van der Waals surface area contributed by atoms with Crippen LogP contribution in [0.4, 0.5) is 5.69 Å². The van der Waals surface area contributed by atoms with Crippen molar-refractivity contribution in [3.63, 3.8) is 0 Å². The quantitative estimate of drug-likeness (QED) is 0.568. The molecule has 0 radical (unpaired) electrons. The molecular weight excluding hydrogens is 388 g/mol. The average Bonchev–Trinajstić information content (AvgIpc) is 3.06. The lowest BCUT2D eigenvalue weighted by Gasteiger charge is -2.10. The van der Waals surface area contributed by atoms with E-state index in [1.165, 1.54) is 11.8 Å². The summed E-state index contributed by atoms with van der Waals surface area (Å²) in [6.07, 6.45) is 0. The smallest absolute Gasteiger partial charge is 0.234 e. The van der Waals surface area contributed by atoms with Crippen LogP contribution in [0.15, 0.2) is 47.6 Å². The number of hydrogen-bond acceptors (Lipinski definition) is 6. The van der Waals surface area contributed by atoms with Crippen LogP contribution in [0.25, 0.3) is 0 Å². The van der Waals surface area contributed by atoms with Crippen molar-refractivity contribution in [2.24, 2.45) is 7.05 Å². The minimum Gasteiger partial charge on any atom is -0.497 e. The molecule has 1 N–H and O–H groups in total. The van der Waals surface area contributed by atoms with Gasteiger partial charge in [0.2, 0.25) is 5.91 Å². The van der Waals surface area contributed by atoms with Gasteiger partial charge in [-0.15, -0.1) is 10.2 Å². The van der Waals surface area contributed by atoms with Gasteiger partial charge in [0, 0.05) is 18.8 Å². The number of carbonyl (C=O) groups excluding carboxylic acids is 1. The summed E-state index contributed by atoms with van der Waals surface area (Å²) in [7, 11) is 3.45. The lowest BCUT2D eigenvalue weighted by molar-refractivity contribution is -0.113. The van der Waals surface area contributed by atoms with E-state index in [1.54, 1.807) is 13.2 Å².